The van der Waals surface area contributed by atoms with E-state index < -0.39 is 0 Å². The van der Waals surface area contributed by atoms with Gasteiger partial charge in [-0.2, -0.15) is 0 Å². The Morgan fingerprint density at radius 2 is 0.790 bits per heavy atom. The molecule has 6 aromatic carbocycles. The largest absolute Gasteiger partial charge is 0.384 e. The summed E-state index contributed by atoms with van der Waals surface area (Å²) in [7, 11) is 2.22. The first-order valence-corrected chi connectivity index (χ1v) is 35.8. The molecule has 13 heteroatoms. The summed E-state index contributed by atoms with van der Waals surface area (Å²) in [6.45, 7) is 27.6. The van der Waals surface area contributed by atoms with E-state index in [0.29, 0.717) is 16.2 Å². The van der Waals surface area contributed by atoms with E-state index in [2.05, 4.69) is 177 Å². The summed E-state index contributed by atoms with van der Waals surface area (Å²) in [5.41, 5.74) is 25.6. The second-order valence-corrected chi connectivity index (χ2v) is 30.2. The van der Waals surface area contributed by atoms with Crippen molar-refractivity contribution in [1.82, 2.24) is 5.32 Å². The average Bonchev–Trinajstić information content (AvgIpc) is 0.929. The topological polar surface area (TPSA) is 82.7 Å². The lowest BCUT2D eigenvalue weighted by Gasteiger charge is -2.45. The predicted octanol–water partition coefficient (Wildman–Crippen LogP) is 18.4. The fourth-order valence-electron chi connectivity index (χ4n) is 18.4. The maximum atomic E-state index is 12.2. The first-order chi connectivity index (χ1) is 45.5. The van der Waals surface area contributed by atoms with Crippen LogP contribution in [0.25, 0.3) is 0 Å². The van der Waals surface area contributed by atoms with Crippen LogP contribution < -0.4 is 20.9 Å². The lowest BCUT2D eigenvalue weighted by molar-refractivity contribution is -0.121. The number of aryl methyl sites for hydroxylation is 1. The fraction of sp³-hybridized carbons (Fsp3) is 0.425. The standard InChI is InChI=1S/C16H21N.C15H18.2C14H15NO.C14H17N.C14H16O.6B/c1-13-7-9-16(10-8-13)11-12-17(2)15-6-4-3-5-14(15)16;1-12-6-9-15(10-7-12)11-8-13-4-2-3-5-14(13)15;1-10-6-8-14(9-7-10)11-4-2-3-5-12(11)15-13(14)16;1-10-6-8-14(9-7-10)12-5-3-2-4-11(12)13(16)15-14;1-11-6-8-14(9-7-11)10-15-13-5-3-2-4-12(13)14;1-11-6-8-14(9-7-11)13-5-3-2-4-12(13)10-15-14;;;;;;/h3-6H,1,7-12H2,2H3;2-5H,1,6-11H2;2*2-5H,1,6-9H2,(H,15,16);2-5,15H,1,6-10H2;2-5H,1,6-10H2;;;;;;. The van der Waals surface area contributed by atoms with Crippen molar-refractivity contribution >= 4 is 79.4 Å². The molecule has 506 valence electrons. The molecule has 100 heavy (non-hydrogen) atoms. The van der Waals surface area contributed by atoms with Gasteiger partial charge in [0.25, 0.3) is 5.91 Å². The number of ether oxygens (including phenoxy) is 1. The molecule has 3 N–H and O–H groups in total. The number of para-hydroxylation sites is 3. The molecule has 18 rings (SSSR count). The number of carbonyl (C=O) groups is 2. The second kappa shape index (κ2) is 33.6. The Bertz CT molecular complexity index is 3700. The summed E-state index contributed by atoms with van der Waals surface area (Å²) in [6.07, 6.45) is 31.4. The van der Waals surface area contributed by atoms with Gasteiger partial charge in [0.15, 0.2) is 0 Å². The molecule has 0 aromatic heterocycles. The normalized spacial score (nSPS) is 21.2. The van der Waals surface area contributed by atoms with E-state index in [4.69, 9.17) is 4.74 Å². The highest BCUT2D eigenvalue weighted by molar-refractivity contribution is 6.06. The zero-order valence-electron chi connectivity index (χ0n) is 59.9. The number of rotatable bonds is 0. The van der Waals surface area contributed by atoms with Crippen LogP contribution in [0.15, 0.2) is 219 Å². The van der Waals surface area contributed by atoms with E-state index in [9.17, 15) is 9.59 Å². The number of allylic oxidation sites excluding steroid dienone is 6. The highest BCUT2D eigenvalue weighted by Crippen LogP contribution is 2.54. The third-order valence-electron chi connectivity index (χ3n) is 24.7. The summed E-state index contributed by atoms with van der Waals surface area (Å²) in [6, 6.07) is 51.5. The quantitative estimate of drug-likeness (QED) is 0.104. The number of fused-ring (bicyclic) bond motifs is 12. The van der Waals surface area contributed by atoms with Gasteiger partial charge in [-0.05, 0) is 253 Å². The maximum absolute atomic E-state index is 12.2. The van der Waals surface area contributed by atoms with Crippen LogP contribution in [0.5, 0.6) is 0 Å². The number of nitrogens with zero attached hydrogens (tertiary/aromatic N) is 1. The maximum Gasteiger partial charge on any atom is 0.252 e. The molecule has 6 fully saturated rings. The fourth-order valence-corrected chi connectivity index (χ4v) is 18.4. The number of hydrogen-bond acceptors (Lipinski definition) is 5. The number of hydrogen-bond donors (Lipinski definition) is 3. The van der Waals surface area contributed by atoms with Crippen molar-refractivity contribution in [2.75, 3.05) is 35.7 Å². The number of benzene rings is 6. The number of nitrogens with one attached hydrogen (secondary N) is 3. The summed E-state index contributed by atoms with van der Waals surface area (Å²) >= 11 is 0. The van der Waals surface area contributed by atoms with Crippen LogP contribution in [0.1, 0.15) is 222 Å². The summed E-state index contributed by atoms with van der Waals surface area (Å²) in [5, 5.41) is 9.73. The van der Waals surface area contributed by atoms with Crippen molar-refractivity contribution in [1.29, 1.82) is 0 Å². The Hall–Kier alpha value is -7.35. The van der Waals surface area contributed by atoms with E-state index >= 15 is 0 Å². The molecule has 0 unspecified atom stereocenters. The van der Waals surface area contributed by atoms with Gasteiger partial charge in [0.2, 0.25) is 5.91 Å². The van der Waals surface area contributed by atoms with E-state index in [1.807, 2.05) is 36.4 Å². The zero-order valence-corrected chi connectivity index (χ0v) is 59.9. The van der Waals surface area contributed by atoms with Crippen LogP contribution in [0.4, 0.5) is 17.1 Å². The predicted molar refractivity (Wildman–Crippen MR) is 424 cm³/mol. The minimum atomic E-state index is -0.266. The Kier molecular flexibility index (Phi) is 26.9. The monoisotopic (exact) mass is 1320 g/mol. The third-order valence-corrected chi connectivity index (χ3v) is 24.7. The van der Waals surface area contributed by atoms with Crippen molar-refractivity contribution in [3.8, 4) is 0 Å². The van der Waals surface area contributed by atoms with Crippen LogP contribution in [0, 0.1) is 0 Å². The summed E-state index contributed by atoms with van der Waals surface area (Å²) in [5.74, 6) is 0.268. The minimum absolute atomic E-state index is 0. The lowest BCUT2D eigenvalue weighted by Crippen LogP contribution is -2.41. The van der Waals surface area contributed by atoms with Crippen LogP contribution in [-0.4, -0.2) is 82.4 Å². The van der Waals surface area contributed by atoms with Gasteiger partial charge in [0.05, 0.1) is 23.2 Å². The molecule has 7 aliphatic carbocycles. The number of carbonyl (C=O) groups excluding carboxylic acids is 2. The van der Waals surface area contributed by atoms with Gasteiger partial charge >= 0.3 is 0 Å². The Balaban J connectivity index is 0.000000167. The molecule has 0 bridgehead atoms. The van der Waals surface area contributed by atoms with Gasteiger partial charge in [0.1, 0.15) is 0 Å². The van der Waals surface area contributed by atoms with Gasteiger partial charge < -0.3 is 25.6 Å². The SMILES string of the molecule is C=C1CCC2(CC1)C(=O)Nc1ccccc12.C=C1CCC2(CC1)CCN(C)c1ccccc12.C=C1CCC2(CC1)CCc1ccccc12.C=C1CCC2(CC1)CNc1ccccc12.C=C1CCC2(CC1)NC(=O)c1ccccc12.C=C1CCC2(CC1)OCc1ccccc12.[B].[B].[B].[B].[B].[B]. The molecule has 5 aliphatic heterocycles. The molecule has 6 spiro atoms. The summed E-state index contributed by atoms with van der Waals surface area (Å²) < 4.78 is 6.06. The molecule has 7 nitrogen and oxygen atoms in total. The Labute approximate surface area is 612 Å². The highest BCUT2D eigenvalue weighted by Gasteiger charge is 2.49. The van der Waals surface area contributed by atoms with Crippen LogP contribution in [0.3, 0.4) is 0 Å². The second-order valence-electron chi connectivity index (χ2n) is 30.2. The van der Waals surface area contributed by atoms with Gasteiger partial charge in [0, 0.05) is 98.7 Å². The zero-order chi connectivity index (χ0) is 65.1. The first kappa shape index (κ1) is 80.0. The van der Waals surface area contributed by atoms with E-state index in [0.717, 1.165) is 101 Å². The molecule has 2 amide bonds. The molecule has 0 atom stereocenters. The molecular formula is C87H102B6N4O3. The van der Waals surface area contributed by atoms with Gasteiger partial charge in [-0.1, -0.05) is 194 Å². The van der Waals surface area contributed by atoms with Crippen molar-refractivity contribution in [3.63, 3.8) is 0 Å². The lowest BCUT2D eigenvalue weighted by atomic mass is 9.64. The molecule has 5 heterocycles. The third kappa shape index (κ3) is 16.0. The molecular weight excluding hydrogens is 1210 g/mol. The number of anilines is 3. The van der Waals surface area contributed by atoms with E-state index in [1.165, 1.54) is 175 Å². The minimum Gasteiger partial charge on any atom is -0.384 e. The molecule has 18 radical (unpaired) electrons. The Morgan fingerprint density at radius 1 is 0.380 bits per heavy atom. The van der Waals surface area contributed by atoms with Crippen LogP contribution in [-0.2, 0) is 55.4 Å². The smallest absolute Gasteiger partial charge is 0.252 e. The van der Waals surface area contributed by atoms with E-state index in [1.54, 1.807) is 16.7 Å². The molecule has 6 saturated carbocycles. The summed E-state index contributed by atoms with van der Waals surface area (Å²) in [4.78, 5) is 26.5. The van der Waals surface area contributed by atoms with Crippen molar-refractivity contribution < 1.29 is 14.3 Å². The number of amides is 2. The molecule has 6 aromatic rings. The van der Waals surface area contributed by atoms with Crippen molar-refractivity contribution in [2.24, 2.45) is 0 Å². The van der Waals surface area contributed by atoms with Crippen molar-refractivity contribution in [3.05, 3.63) is 269 Å². The van der Waals surface area contributed by atoms with Gasteiger partial charge in [-0.25, -0.2) is 0 Å². The van der Waals surface area contributed by atoms with Crippen LogP contribution >= 0.6 is 0 Å². The van der Waals surface area contributed by atoms with E-state index in [-0.39, 0.29) is 78.8 Å². The average molecular weight is 1320 g/mol. The van der Waals surface area contributed by atoms with Crippen molar-refractivity contribution in [2.45, 2.75) is 213 Å². The Morgan fingerprint density at radius 3 is 1.37 bits per heavy atom. The van der Waals surface area contributed by atoms with Gasteiger partial charge in [-0.3, -0.25) is 9.59 Å². The first-order valence-electron chi connectivity index (χ1n) is 35.8. The van der Waals surface area contributed by atoms with Gasteiger partial charge in [-0.15, -0.1) is 0 Å². The highest BCUT2D eigenvalue weighted by atomic mass is 16.5. The van der Waals surface area contributed by atoms with Crippen LogP contribution in [0.2, 0.25) is 0 Å². The molecule has 12 aliphatic rings. The molecule has 0 saturated heterocycles.